The smallest absolute Gasteiger partial charge is 0.226 e. The molecule has 0 aliphatic heterocycles. The molecule has 1 unspecified atom stereocenters. The van der Waals surface area contributed by atoms with Crippen LogP contribution in [0, 0.1) is 0 Å². The minimum absolute atomic E-state index is 4.13. The van der Waals surface area contributed by atoms with Crippen molar-refractivity contribution in [3.05, 3.63) is 0 Å². The van der Waals surface area contributed by atoms with Crippen molar-refractivity contribution in [3.8, 4) is 0 Å². The highest BCUT2D eigenvalue weighted by Crippen LogP contribution is 2.69. The first-order valence-electron chi connectivity index (χ1n) is 8.92. The molecule has 0 saturated heterocycles. The van der Waals surface area contributed by atoms with Crippen LogP contribution in [0.1, 0.15) is 0 Å². The number of hydrogen-bond acceptors (Lipinski definition) is 0. The molecule has 0 bridgehead atoms. The third-order valence-corrected chi connectivity index (χ3v) is 8.84. The van der Waals surface area contributed by atoms with Gasteiger partial charge in [-0.2, -0.15) is 114 Å². The molecule has 266 valence electrons. The lowest BCUT2D eigenvalue weighted by atomic mass is 9.84. The van der Waals surface area contributed by atoms with Gasteiger partial charge in [0.05, 0.1) is 0 Å². The maximum atomic E-state index is 14.1. The highest BCUT2D eigenvalue weighted by Gasteiger charge is 3.01. The molecule has 0 heterocycles. The summed E-state index contributed by atoms with van der Waals surface area (Å²) >= 11 is 12.4. The molecule has 0 fully saturated rings. The number of halogens is 30. The summed E-state index contributed by atoms with van der Waals surface area (Å²) in [6.07, 6.45) is -16.2. The lowest BCUT2D eigenvalue weighted by molar-refractivity contribution is -0.481. The predicted octanol–water partition coefficient (Wildman–Crippen LogP) is 10.4. The van der Waals surface area contributed by atoms with Gasteiger partial charge in [-0.05, 0) is 0 Å². The van der Waals surface area contributed by atoms with Crippen molar-refractivity contribution in [1.82, 2.24) is 0 Å². The Morgan fingerprint density at radius 2 is 0.386 bits per heavy atom. The Balaban J connectivity index is 7.64. The van der Waals surface area contributed by atoms with E-state index < -0.39 is 82.9 Å². The summed E-state index contributed by atoms with van der Waals surface area (Å²) in [7, 11) is 0. The van der Waals surface area contributed by atoms with E-state index in [9.17, 15) is 119 Å². The monoisotopic (exact) mass is 802 g/mol. The van der Waals surface area contributed by atoms with E-state index in [0.717, 1.165) is 0 Å². The van der Waals surface area contributed by atoms with Crippen LogP contribution >= 0.6 is 33.2 Å². The minimum Gasteiger partial charge on any atom is -0.226 e. The van der Waals surface area contributed by atoms with Gasteiger partial charge in [-0.25, -0.2) is 4.39 Å². The first-order chi connectivity index (χ1) is 18.2. The molecule has 0 aliphatic rings. The van der Waals surface area contributed by atoms with Gasteiger partial charge in [-0.3, -0.25) is 0 Å². The maximum Gasteiger partial charge on any atom is 0.460 e. The molecule has 0 spiro atoms. The highest BCUT2D eigenvalue weighted by molar-refractivity contribution is 7.65. The number of alkyl halides is 27. The average Bonchev–Trinajstić information content (AvgIpc) is 2.74. The van der Waals surface area contributed by atoms with Crippen molar-refractivity contribution in [1.29, 1.82) is 0 Å². The largest absolute Gasteiger partial charge is 0.460 e. The molecule has 0 nitrogen and oxygen atoms in total. The molecule has 0 N–H and O–H groups in total. The summed E-state index contributed by atoms with van der Waals surface area (Å²) in [5.41, 5.74) is 0. The predicted molar refractivity (Wildman–Crippen MR) is 88.7 cm³/mol. The van der Waals surface area contributed by atoms with Crippen molar-refractivity contribution in [2.24, 2.45) is 0 Å². The SMILES string of the molecule is FC(F)(F)C(F)(F)C(F)(F)C(F)(F)C(F)(F)C(F)(F)C(F)(F)C(F)(F)C(F)(F)C(F)(F)C(F)(F)C(F)(C(F)(F)F)[Si](Cl)(Cl)Cl. The Labute approximate surface area is 235 Å². The van der Waals surface area contributed by atoms with Crippen LogP contribution < -0.4 is 0 Å². The van der Waals surface area contributed by atoms with Crippen LogP contribution in [0.2, 0.25) is 0 Å². The van der Waals surface area contributed by atoms with Gasteiger partial charge in [0.15, 0.2) is 0 Å². The Morgan fingerprint density at radius 1 is 0.227 bits per heavy atom. The fourth-order valence-corrected chi connectivity index (χ4v) is 5.36. The molecule has 1 atom stereocenters. The van der Waals surface area contributed by atoms with E-state index in [1.807, 2.05) is 0 Å². The van der Waals surface area contributed by atoms with Crippen LogP contribution in [0.3, 0.4) is 0 Å². The summed E-state index contributed by atoms with van der Waals surface area (Å²) < 4.78 is 359. The van der Waals surface area contributed by atoms with E-state index in [2.05, 4.69) is 33.2 Å². The zero-order valence-corrected chi connectivity index (χ0v) is 21.6. The lowest BCUT2D eigenvalue weighted by Gasteiger charge is -2.47. The summed E-state index contributed by atoms with van der Waals surface area (Å²) in [6, 6.07) is -7.61. The normalized spacial score (nSPS) is 18.4. The molecule has 44 heavy (non-hydrogen) atoms. The summed E-state index contributed by atoms with van der Waals surface area (Å²) in [6.45, 7) is 0. The van der Waals surface area contributed by atoms with Crippen LogP contribution in [0.15, 0.2) is 0 Å². The van der Waals surface area contributed by atoms with E-state index in [1.54, 1.807) is 0 Å². The maximum absolute atomic E-state index is 14.1. The topological polar surface area (TPSA) is 0 Å². The second-order valence-electron chi connectivity index (χ2n) is 7.90. The Kier molecular flexibility index (Phi) is 10.2. The summed E-state index contributed by atoms with van der Waals surface area (Å²) in [5.74, 6) is -94.4. The molecule has 0 aliphatic carbocycles. The molecular weight excluding hydrogens is 804 g/mol. The van der Waals surface area contributed by atoms with Crippen molar-refractivity contribution in [2.75, 3.05) is 0 Å². The summed E-state index contributed by atoms with van der Waals surface area (Å²) in [5, 5.41) is -7.87. The molecular formula is C13Cl3F27Si. The van der Waals surface area contributed by atoms with E-state index in [-0.39, 0.29) is 0 Å². The second-order valence-corrected chi connectivity index (χ2v) is 16.4. The van der Waals surface area contributed by atoms with Gasteiger partial charge in [0.2, 0.25) is 0 Å². The van der Waals surface area contributed by atoms with Gasteiger partial charge in [-0.15, -0.1) is 33.2 Å². The van der Waals surface area contributed by atoms with Gasteiger partial charge < -0.3 is 0 Å². The molecule has 0 aromatic rings. The van der Waals surface area contributed by atoms with E-state index in [1.165, 1.54) is 0 Å². The molecule has 0 rings (SSSR count). The van der Waals surface area contributed by atoms with Crippen LogP contribution in [-0.2, 0) is 0 Å². The van der Waals surface area contributed by atoms with E-state index in [0.29, 0.717) is 0 Å². The van der Waals surface area contributed by atoms with Gasteiger partial charge >= 0.3 is 82.9 Å². The minimum atomic E-state index is -9.81. The molecule has 0 radical (unpaired) electrons. The van der Waals surface area contributed by atoms with Crippen molar-refractivity contribution in [2.45, 2.75) is 76.9 Å². The van der Waals surface area contributed by atoms with Crippen LogP contribution in [0.25, 0.3) is 0 Å². The van der Waals surface area contributed by atoms with Crippen LogP contribution in [-0.4, -0.2) is 82.9 Å². The van der Waals surface area contributed by atoms with Gasteiger partial charge in [0.1, 0.15) is 0 Å². The molecule has 0 aromatic carbocycles. The zero-order valence-electron chi connectivity index (χ0n) is 18.3. The molecule has 31 heteroatoms. The average molecular weight is 804 g/mol. The number of rotatable bonds is 11. The standard InChI is InChI=1S/C13Cl3F27Si/c14-44(15,16)11(37,13(41,42)43)9(33,34)7(29,30)5(25,26)3(21,22)1(17,18)2(19,20)4(23,24)6(27,28)8(31,32)10(35,36)12(38,39)40. The first-order valence-corrected chi connectivity index (χ1v) is 14.0. The Morgan fingerprint density at radius 3 is 0.523 bits per heavy atom. The zero-order chi connectivity index (χ0) is 37.0. The second kappa shape index (κ2) is 10.3. The van der Waals surface area contributed by atoms with Crippen molar-refractivity contribution >= 4 is 39.2 Å². The summed E-state index contributed by atoms with van der Waals surface area (Å²) in [4.78, 5) is 0. The fraction of sp³-hybridized carbons (Fsp3) is 1.00. The quantitative estimate of drug-likeness (QED) is 0.111. The van der Waals surface area contributed by atoms with Crippen molar-refractivity contribution in [3.63, 3.8) is 0 Å². The van der Waals surface area contributed by atoms with Crippen LogP contribution in [0.4, 0.5) is 119 Å². The fourth-order valence-electron chi connectivity index (χ4n) is 2.49. The molecule has 0 amide bonds. The van der Waals surface area contributed by atoms with Crippen molar-refractivity contribution < 1.29 is 119 Å². The van der Waals surface area contributed by atoms with Gasteiger partial charge in [0.25, 0.3) is 0 Å². The molecule has 0 saturated carbocycles. The third kappa shape index (κ3) is 4.93. The Hall–Kier alpha value is -0.803. The third-order valence-electron chi connectivity index (χ3n) is 5.12. The van der Waals surface area contributed by atoms with Crippen LogP contribution in [0.5, 0.6) is 0 Å². The van der Waals surface area contributed by atoms with E-state index in [4.69, 9.17) is 0 Å². The van der Waals surface area contributed by atoms with E-state index >= 15 is 0 Å². The lowest BCUT2D eigenvalue weighted by Crippen LogP contribution is -2.80. The van der Waals surface area contributed by atoms with Gasteiger partial charge in [0, 0.05) is 0 Å². The Bertz CT molecular complexity index is 1050. The van der Waals surface area contributed by atoms with Gasteiger partial charge in [-0.1, -0.05) is 0 Å². The first kappa shape index (κ1) is 43.2. The molecule has 0 aromatic heterocycles. The highest BCUT2D eigenvalue weighted by atomic mass is 35.8. The number of hydrogen-bond donors (Lipinski definition) is 0.